The van der Waals surface area contributed by atoms with Gasteiger partial charge < -0.3 is 19.3 Å². The van der Waals surface area contributed by atoms with Crippen LogP contribution in [0.3, 0.4) is 0 Å². The van der Waals surface area contributed by atoms with Crippen molar-refractivity contribution in [2.45, 2.75) is 13.8 Å². The quantitative estimate of drug-likeness (QED) is 0.683. The van der Waals surface area contributed by atoms with Crippen LogP contribution in [-0.2, 0) is 0 Å². The number of carboxylic acid groups (broad SMARTS) is 1. The summed E-state index contributed by atoms with van der Waals surface area (Å²) in [7, 11) is 2.91. The highest BCUT2D eigenvalue weighted by Crippen LogP contribution is 2.34. The summed E-state index contributed by atoms with van der Waals surface area (Å²) in [5.41, 5.74) is 3.45. The van der Waals surface area contributed by atoms with Crippen molar-refractivity contribution in [1.29, 1.82) is 0 Å². The minimum absolute atomic E-state index is 0.0258. The Morgan fingerprint density at radius 3 is 2.07 bits per heavy atom. The van der Waals surface area contributed by atoms with Crippen LogP contribution in [0.5, 0.6) is 23.5 Å². The molecule has 0 bridgehead atoms. The molecule has 0 radical (unpaired) electrons. The van der Waals surface area contributed by atoms with Crippen LogP contribution < -0.4 is 14.2 Å². The van der Waals surface area contributed by atoms with Gasteiger partial charge in [0.25, 0.3) is 0 Å². The number of rotatable bonds is 6. The van der Waals surface area contributed by atoms with Crippen LogP contribution in [0.25, 0.3) is 11.1 Å². The molecule has 1 aromatic heterocycles. The highest BCUT2D eigenvalue weighted by Gasteiger charge is 2.20. The topological polar surface area (TPSA) is 90.8 Å². The van der Waals surface area contributed by atoms with Gasteiger partial charge in [0, 0.05) is 0 Å². The van der Waals surface area contributed by atoms with E-state index in [1.54, 1.807) is 18.2 Å². The molecule has 144 valence electrons. The average Bonchev–Trinajstić information content (AvgIpc) is 2.66. The summed E-state index contributed by atoms with van der Waals surface area (Å²) in [6.07, 6.45) is 0. The van der Waals surface area contributed by atoms with Crippen molar-refractivity contribution in [3.63, 3.8) is 0 Å². The number of benzene rings is 2. The molecule has 0 unspecified atom stereocenters. The normalized spacial score (nSPS) is 10.4. The van der Waals surface area contributed by atoms with Gasteiger partial charge in [-0.1, -0.05) is 41.5 Å². The minimum Gasteiger partial charge on any atom is -0.481 e. The zero-order valence-electron chi connectivity index (χ0n) is 16.0. The fourth-order valence-electron chi connectivity index (χ4n) is 2.94. The van der Waals surface area contributed by atoms with E-state index in [4.69, 9.17) is 14.2 Å². The lowest BCUT2D eigenvalue weighted by molar-refractivity contribution is 0.0695. The smallest absolute Gasteiger partial charge is 0.340 e. The van der Waals surface area contributed by atoms with Crippen molar-refractivity contribution < 1.29 is 24.1 Å². The molecule has 0 aliphatic heterocycles. The molecule has 0 spiro atoms. The summed E-state index contributed by atoms with van der Waals surface area (Å²) in [6.45, 7) is 3.93. The number of carbonyl (C=O) groups is 1. The molecule has 0 atom stereocenters. The molecule has 0 fully saturated rings. The summed E-state index contributed by atoms with van der Waals surface area (Å²) in [5.74, 6) is -0.507. The average molecular weight is 380 g/mol. The molecule has 3 rings (SSSR count). The molecule has 0 aliphatic carbocycles. The highest BCUT2D eigenvalue weighted by atomic mass is 16.5. The molecule has 2 aromatic carbocycles. The number of hydrogen-bond acceptors (Lipinski definition) is 6. The second-order valence-corrected chi connectivity index (χ2v) is 6.20. The summed E-state index contributed by atoms with van der Waals surface area (Å²) < 4.78 is 15.9. The van der Waals surface area contributed by atoms with Gasteiger partial charge in [0.05, 0.1) is 20.3 Å². The lowest BCUT2D eigenvalue weighted by atomic mass is 9.96. The molecule has 7 heteroatoms. The molecule has 3 aromatic rings. The number of nitrogens with zero attached hydrogens (tertiary/aromatic N) is 2. The molecular weight excluding hydrogens is 360 g/mol. The minimum atomic E-state index is -1.11. The molecule has 0 saturated heterocycles. The predicted octanol–water partition coefficient (Wildman–Crippen LogP) is 4.27. The zero-order valence-corrected chi connectivity index (χ0v) is 16.0. The van der Waals surface area contributed by atoms with Crippen molar-refractivity contribution >= 4 is 5.97 Å². The van der Waals surface area contributed by atoms with Crippen molar-refractivity contribution in [2.24, 2.45) is 0 Å². The third-order valence-electron chi connectivity index (χ3n) is 4.05. The van der Waals surface area contributed by atoms with Crippen LogP contribution in [0, 0.1) is 13.8 Å². The van der Waals surface area contributed by atoms with E-state index in [2.05, 4.69) is 9.97 Å². The van der Waals surface area contributed by atoms with Crippen LogP contribution in [0.15, 0.2) is 42.5 Å². The maximum atomic E-state index is 12.1. The van der Waals surface area contributed by atoms with Gasteiger partial charge in [-0.15, -0.1) is 0 Å². The van der Waals surface area contributed by atoms with E-state index in [9.17, 15) is 9.90 Å². The van der Waals surface area contributed by atoms with Crippen molar-refractivity contribution in [2.75, 3.05) is 14.2 Å². The first kappa shape index (κ1) is 19.2. The summed E-state index contributed by atoms with van der Waals surface area (Å²) in [4.78, 5) is 20.2. The van der Waals surface area contributed by atoms with Crippen LogP contribution in [-0.4, -0.2) is 35.3 Å². The van der Waals surface area contributed by atoms with E-state index >= 15 is 0 Å². The Bertz CT molecular complexity index is 991. The number of aromatic nitrogens is 2. The molecule has 0 saturated carbocycles. The molecule has 1 heterocycles. The number of hydrogen-bond donors (Lipinski definition) is 1. The Kier molecular flexibility index (Phi) is 5.44. The van der Waals surface area contributed by atoms with E-state index in [0.29, 0.717) is 5.56 Å². The number of aryl methyl sites for hydroxylation is 2. The Morgan fingerprint density at radius 1 is 0.929 bits per heavy atom. The van der Waals surface area contributed by atoms with Crippen molar-refractivity contribution in [3.05, 3.63) is 59.2 Å². The van der Waals surface area contributed by atoms with Crippen molar-refractivity contribution in [1.82, 2.24) is 9.97 Å². The molecule has 1 N–H and O–H groups in total. The molecule has 0 aliphatic rings. The van der Waals surface area contributed by atoms with E-state index in [1.165, 1.54) is 20.3 Å². The third kappa shape index (κ3) is 4.03. The number of carboxylic acids is 1. The van der Waals surface area contributed by atoms with Crippen LogP contribution in [0.4, 0.5) is 0 Å². The summed E-state index contributed by atoms with van der Waals surface area (Å²) >= 11 is 0. The highest BCUT2D eigenvalue weighted by molar-refractivity contribution is 5.99. The maximum absolute atomic E-state index is 12.1. The van der Waals surface area contributed by atoms with Gasteiger partial charge in [-0.05, 0) is 31.0 Å². The lowest BCUT2D eigenvalue weighted by Crippen LogP contribution is -2.05. The van der Waals surface area contributed by atoms with E-state index < -0.39 is 5.97 Å². The monoisotopic (exact) mass is 380 g/mol. The first-order chi connectivity index (χ1) is 13.4. The van der Waals surface area contributed by atoms with Gasteiger partial charge in [0.1, 0.15) is 11.3 Å². The van der Waals surface area contributed by atoms with Crippen molar-refractivity contribution in [3.8, 4) is 34.6 Å². The van der Waals surface area contributed by atoms with Gasteiger partial charge in [-0.3, -0.25) is 0 Å². The second kappa shape index (κ2) is 7.96. The second-order valence-electron chi connectivity index (χ2n) is 6.20. The largest absolute Gasteiger partial charge is 0.481 e. The van der Waals surface area contributed by atoms with Crippen LogP contribution in [0.1, 0.15) is 21.5 Å². The van der Waals surface area contributed by atoms with E-state index in [-0.39, 0.29) is 29.1 Å². The SMILES string of the molecule is COc1cc(OC)nc(Oc2cccc(-c3cc(C)cc(C)c3)c2C(=O)O)n1. The van der Waals surface area contributed by atoms with E-state index in [1.807, 2.05) is 32.0 Å². The Labute approximate surface area is 162 Å². The molecule has 7 nitrogen and oxygen atoms in total. The lowest BCUT2D eigenvalue weighted by Gasteiger charge is -2.13. The summed E-state index contributed by atoms with van der Waals surface area (Å²) in [6, 6.07) is 12.4. The predicted molar refractivity (Wildman–Crippen MR) is 104 cm³/mol. The third-order valence-corrected chi connectivity index (χ3v) is 4.05. The van der Waals surface area contributed by atoms with E-state index in [0.717, 1.165) is 16.7 Å². The summed E-state index contributed by atoms with van der Waals surface area (Å²) in [5, 5.41) is 9.86. The van der Waals surface area contributed by atoms with Gasteiger partial charge in [0.15, 0.2) is 0 Å². The number of ether oxygens (including phenoxy) is 3. The fraction of sp³-hybridized carbons (Fsp3) is 0.190. The first-order valence-corrected chi connectivity index (χ1v) is 8.51. The Hall–Kier alpha value is -3.61. The molecule has 28 heavy (non-hydrogen) atoms. The first-order valence-electron chi connectivity index (χ1n) is 8.51. The maximum Gasteiger partial charge on any atom is 0.340 e. The fourth-order valence-corrected chi connectivity index (χ4v) is 2.94. The van der Waals surface area contributed by atoms with Crippen LogP contribution >= 0.6 is 0 Å². The Morgan fingerprint density at radius 2 is 1.54 bits per heavy atom. The van der Waals surface area contributed by atoms with Gasteiger partial charge >= 0.3 is 12.0 Å². The van der Waals surface area contributed by atoms with Crippen LogP contribution in [0.2, 0.25) is 0 Å². The molecule has 0 amide bonds. The van der Waals surface area contributed by atoms with Gasteiger partial charge in [0.2, 0.25) is 11.8 Å². The van der Waals surface area contributed by atoms with Gasteiger partial charge in [-0.2, -0.15) is 9.97 Å². The molecular formula is C21H20N2O5. The number of aromatic carboxylic acids is 1. The Balaban J connectivity index is 2.11. The zero-order chi connectivity index (χ0) is 20.3. The number of methoxy groups -OCH3 is 2. The standard InChI is InChI=1S/C21H20N2O5/c1-12-8-13(2)10-14(9-12)15-6-5-7-16(19(15)20(24)25)28-21-22-17(26-3)11-18(23-21)27-4/h5-11H,1-4H3,(H,24,25). The van der Waals surface area contributed by atoms with Gasteiger partial charge in [-0.25, -0.2) is 4.79 Å².